The smallest absolute Gasteiger partial charge is 0.313 e. The van der Waals surface area contributed by atoms with Crippen LogP contribution in [0.3, 0.4) is 0 Å². The molecule has 0 bridgehead atoms. The highest BCUT2D eigenvalue weighted by atomic mass is 19.2. The molecule has 2 rings (SSSR count). The van der Waals surface area contributed by atoms with Gasteiger partial charge in [-0.15, -0.1) is 0 Å². The first-order valence-electron chi connectivity index (χ1n) is 12.8. The van der Waals surface area contributed by atoms with Crippen molar-refractivity contribution in [3.8, 4) is 11.5 Å². The summed E-state index contributed by atoms with van der Waals surface area (Å²) in [4.78, 5) is 22.6. The van der Waals surface area contributed by atoms with E-state index in [1.54, 1.807) is 24.3 Å². The average Bonchev–Trinajstić information content (AvgIpc) is 2.97. The molecule has 0 saturated heterocycles. The first kappa shape index (κ1) is 34.8. The zero-order valence-corrected chi connectivity index (χ0v) is 22.9. The van der Waals surface area contributed by atoms with Crippen LogP contribution in [0.15, 0.2) is 24.3 Å². The highest BCUT2D eigenvalue weighted by molar-refractivity contribution is 5.88. The normalized spacial score (nSPS) is 11.0. The molecule has 10 nitrogen and oxygen atoms in total. The van der Waals surface area contributed by atoms with Gasteiger partial charge >= 0.3 is 5.97 Å². The van der Waals surface area contributed by atoms with E-state index < -0.39 is 47.2 Å². The van der Waals surface area contributed by atoms with Gasteiger partial charge in [-0.05, 0) is 24.3 Å². The number of carbonyl (C=O) groups excluding carboxylic acids is 2. The van der Waals surface area contributed by atoms with Crippen molar-refractivity contribution < 1.29 is 64.7 Å². The second-order valence-corrected chi connectivity index (χ2v) is 8.24. The van der Waals surface area contributed by atoms with Crippen molar-refractivity contribution in [2.24, 2.45) is 0 Å². The van der Waals surface area contributed by atoms with Crippen molar-refractivity contribution >= 4 is 17.6 Å². The molecule has 0 fully saturated rings. The Morgan fingerprint density at radius 2 is 1.00 bits per heavy atom. The molecular weight excluding hydrogens is 577 g/mol. The van der Waals surface area contributed by atoms with E-state index in [1.165, 1.54) is 6.92 Å². The number of hydrogen-bond donors (Lipinski definition) is 1. The van der Waals surface area contributed by atoms with Gasteiger partial charge in [0.2, 0.25) is 40.7 Å². The third-order valence-electron chi connectivity index (χ3n) is 5.00. The summed E-state index contributed by atoms with van der Waals surface area (Å²) < 4.78 is 103. The number of carbonyl (C=O) groups is 2. The van der Waals surface area contributed by atoms with Crippen LogP contribution in [-0.2, 0) is 33.3 Å². The number of benzene rings is 2. The third-order valence-corrected chi connectivity index (χ3v) is 5.00. The molecule has 42 heavy (non-hydrogen) atoms. The summed E-state index contributed by atoms with van der Waals surface area (Å²) in [5.74, 6) is -13.6. The molecule has 2 aromatic carbocycles. The summed E-state index contributed by atoms with van der Waals surface area (Å²) in [5.41, 5.74) is 0.689. The lowest BCUT2D eigenvalue weighted by Gasteiger charge is -2.09. The Hall–Kier alpha value is -3.37. The van der Waals surface area contributed by atoms with Crippen LogP contribution in [0.1, 0.15) is 13.3 Å². The third kappa shape index (κ3) is 13.1. The molecular formula is C27H32F5NO9. The molecule has 0 aliphatic heterocycles. The monoisotopic (exact) mass is 609 g/mol. The Labute approximate surface area is 238 Å². The van der Waals surface area contributed by atoms with Gasteiger partial charge in [0.05, 0.1) is 72.5 Å². The minimum Gasteiger partial charge on any atom is -0.491 e. The summed E-state index contributed by atoms with van der Waals surface area (Å²) in [6, 6.07) is 6.99. The number of hydrogen-bond acceptors (Lipinski definition) is 9. The van der Waals surface area contributed by atoms with Crippen LogP contribution in [0, 0.1) is 29.1 Å². The highest BCUT2D eigenvalue weighted by Gasteiger charge is 2.28. The lowest BCUT2D eigenvalue weighted by atomic mass is 10.2. The number of amides is 1. The Morgan fingerprint density at radius 3 is 1.45 bits per heavy atom. The zero-order chi connectivity index (χ0) is 30.7. The molecule has 0 aromatic heterocycles. The van der Waals surface area contributed by atoms with E-state index in [0.29, 0.717) is 57.7 Å². The molecule has 0 radical (unpaired) electrons. The van der Waals surface area contributed by atoms with E-state index in [0.717, 1.165) is 0 Å². The van der Waals surface area contributed by atoms with Crippen molar-refractivity contribution in [2.45, 2.75) is 13.3 Å². The molecule has 0 unspecified atom stereocenters. The number of nitrogens with one attached hydrogen (secondary N) is 1. The lowest BCUT2D eigenvalue weighted by Crippen LogP contribution is -2.16. The second kappa shape index (κ2) is 19.7. The van der Waals surface area contributed by atoms with Gasteiger partial charge in [-0.1, -0.05) is 0 Å². The highest BCUT2D eigenvalue weighted by Crippen LogP contribution is 2.29. The number of halogens is 5. The molecule has 0 atom stereocenters. The molecule has 0 spiro atoms. The standard InChI is InChI=1S/C27H32F5NO9/c1-18(34)33-19-2-4-20(5-3-19)41-17-16-40-15-14-39-13-12-38-11-10-37-9-8-36-7-6-21(35)42-27-25(31)23(29)22(28)24(30)26(27)32/h2-5H,6-17H2,1H3,(H,33,34). The fourth-order valence-electron chi connectivity index (χ4n) is 3.03. The summed E-state index contributed by atoms with van der Waals surface area (Å²) in [6.45, 7) is 4.27. The predicted molar refractivity (Wildman–Crippen MR) is 137 cm³/mol. The molecule has 0 aliphatic rings. The largest absolute Gasteiger partial charge is 0.491 e. The average molecular weight is 610 g/mol. The van der Waals surface area contributed by atoms with E-state index in [-0.39, 0.29) is 32.3 Å². The lowest BCUT2D eigenvalue weighted by molar-refractivity contribution is -0.136. The minimum absolute atomic E-state index is 0.0782. The van der Waals surface area contributed by atoms with Gasteiger partial charge in [0.15, 0.2) is 0 Å². The first-order chi connectivity index (χ1) is 20.2. The fourth-order valence-corrected chi connectivity index (χ4v) is 3.03. The number of anilines is 1. The number of ether oxygens (including phenoxy) is 7. The Morgan fingerprint density at radius 1 is 0.595 bits per heavy atom. The van der Waals surface area contributed by atoms with Crippen molar-refractivity contribution in [2.75, 3.05) is 78.0 Å². The second-order valence-electron chi connectivity index (χ2n) is 8.24. The van der Waals surface area contributed by atoms with Crippen LogP contribution in [0.4, 0.5) is 27.6 Å². The van der Waals surface area contributed by atoms with E-state index in [2.05, 4.69) is 10.1 Å². The molecule has 2 aromatic rings. The molecule has 1 N–H and O–H groups in total. The molecule has 0 saturated carbocycles. The summed E-state index contributed by atoms with van der Waals surface area (Å²) in [6.07, 6.45) is -0.488. The van der Waals surface area contributed by atoms with Crippen LogP contribution in [0.25, 0.3) is 0 Å². The summed E-state index contributed by atoms with van der Waals surface area (Å²) in [5, 5.41) is 2.67. The molecule has 234 valence electrons. The summed E-state index contributed by atoms with van der Waals surface area (Å²) >= 11 is 0. The SMILES string of the molecule is CC(=O)Nc1ccc(OCCOCCOCCOCCOCCOCCC(=O)Oc2c(F)c(F)c(F)c(F)c2F)cc1. The fraction of sp³-hybridized carbons (Fsp3) is 0.481. The predicted octanol–water partition coefficient (Wildman–Crippen LogP) is 3.80. The van der Waals surface area contributed by atoms with Gasteiger partial charge in [-0.3, -0.25) is 9.59 Å². The Balaban J connectivity index is 1.35. The number of rotatable bonds is 21. The van der Waals surface area contributed by atoms with Gasteiger partial charge in [-0.2, -0.15) is 8.78 Å². The summed E-state index contributed by atoms with van der Waals surface area (Å²) in [7, 11) is 0. The van der Waals surface area contributed by atoms with Crippen LogP contribution < -0.4 is 14.8 Å². The van der Waals surface area contributed by atoms with Crippen molar-refractivity contribution in [1.29, 1.82) is 0 Å². The van der Waals surface area contributed by atoms with Gasteiger partial charge in [0.25, 0.3) is 0 Å². The van der Waals surface area contributed by atoms with E-state index in [4.69, 9.17) is 28.4 Å². The minimum atomic E-state index is -2.35. The van der Waals surface area contributed by atoms with Crippen LogP contribution >= 0.6 is 0 Å². The van der Waals surface area contributed by atoms with Crippen LogP contribution in [-0.4, -0.2) is 84.6 Å². The van der Waals surface area contributed by atoms with E-state index in [9.17, 15) is 31.5 Å². The van der Waals surface area contributed by atoms with Gasteiger partial charge in [0, 0.05) is 12.6 Å². The topological polar surface area (TPSA) is 111 Å². The maximum atomic E-state index is 13.5. The zero-order valence-electron chi connectivity index (χ0n) is 22.9. The first-order valence-corrected chi connectivity index (χ1v) is 12.8. The van der Waals surface area contributed by atoms with Gasteiger partial charge < -0.3 is 38.5 Å². The van der Waals surface area contributed by atoms with Crippen molar-refractivity contribution in [3.63, 3.8) is 0 Å². The molecule has 0 aliphatic carbocycles. The quantitative estimate of drug-likeness (QED) is 0.0565. The van der Waals surface area contributed by atoms with Crippen LogP contribution in [0.5, 0.6) is 11.5 Å². The van der Waals surface area contributed by atoms with Gasteiger partial charge in [-0.25, -0.2) is 13.2 Å². The Kier molecular flexibility index (Phi) is 16.3. The van der Waals surface area contributed by atoms with Crippen molar-refractivity contribution in [3.05, 3.63) is 53.4 Å². The maximum absolute atomic E-state index is 13.5. The molecule has 15 heteroatoms. The van der Waals surface area contributed by atoms with Crippen LogP contribution in [0.2, 0.25) is 0 Å². The van der Waals surface area contributed by atoms with Gasteiger partial charge in [0.1, 0.15) is 12.4 Å². The number of esters is 1. The van der Waals surface area contributed by atoms with Crippen molar-refractivity contribution in [1.82, 2.24) is 0 Å². The Bertz CT molecular complexity index is 1090. The van der Waals surface area contributed by atoms with E-state index in [1.807, 2.05) is 0 Å². The molecule has 1 amide bonds. The maximum Gasteiger partial charge on any atom is 0.313 e. The van der Waals surface area contributed by atoms with E-state index >= 15 is 0 Å². The molecule has 0 heterocycles.